The Balaban J connectivity index is 2.30. The fourth-order valence-corrected chi connectivity index (χ4v) is 2.09. The molecular formula is C11H17N5O. The lowest BCUT2D eigenvalue weighted by Crippen LogP contribution is -2.28. The van der Waals surface area contributed by atoms with Gasteiger partial charge in [-0.05, 0) is 12.8 Å². The predicted octanol–water partition coefficient (Wildman–Crippen LogP) is 0.951. The van der Waals surface area contributed by atoms with E-state index in [4.69, 9.17) is 10.9 Å². The molecule has 0 saturated carbocycles. The molecule has 2 heterocycles. The van der Waals surface area contributed by atoms with Crippen LogP contribution in [0.5, 0.6) is 0 Å². The van der Waals surface area contributed by atoms with Crippen molar-refractivity contribution in [3.8, 4) is 0 Å². The van der Waals surface area contributed by atoms with Crippen LogP contribution in [-0.4, -0.2) is 34.1 Å². The number of hydrogen-bond acceptors (Lipinski definition) is 5. The lowest BCUT2D eigenvalue weighted by Gasteiger charge is -2.23. The smallest absolute Gasteiger partial charge is 0.175 e. The summed E-state index contributed by atoms with van der Waals surface area (Å²) in [5.41, 5.74) is 6.23. The van der Waals surface area contributed by atoms with Crippen molar-refractivity contribution in [3.05, 3.63) is 18.1 Å². The molecule has 92 valence electrons. The van der Waals surface area contributed by atoms with Gasteiger partial charge in [-0.25, -0.2) is 9.97 Å². The number of hydrogen-bond donors (Lipinski definition) is 2. The van der Waals surface area contributed by atoms with Crippen LogP contribution in [-0.2, 0) is 0 Å². The molecule has 0 bridgehead atoms. The molecule has 17 heavy (non-hydrogen) atoms. The molecule has 0 unspecified atom stereocenters. The average Bonchev–Trinajstić information content (AvgIpc) is 2.66. The minimum absolute atomic E-state index is 0.0600. The van der Waals surface area contributed by atoms with Gasteiger partial charge >= 0.3 is 0 Å². The summed E-state index contributed by atoms with van der Waals surface area (Å²) in [7, 11) is 0. The molecule has 0 radical (unpaired) electrons. The van der Waals surface area contributed by atoms with Crippen molar-refractivity contribution in [2.24, 2.45) is 10.9 Å². The molecule has 6 heteroatoms. The van der Waals surface area contributed by atoms with Crippen molar-refractivity contribution in [1.29, 1.82) is 0 Å². The second kappa shape index (κ2) is 5.47. The molecular weight excluding hydrogens is 218 g/mol. The number of amidine groups is 1. The summed E-state index contributed by atoms with van der Waals surface area (Å²) in [6.07, 6.45) is 7.89. The Bertz CT molecular complexity index is 399. The molecule has 0 atom stereocenters. The highest BCUT2D eigenvalue weighted by Crippen LogP contribution is 2.20. The molecule has 0 aliphatic carbocycles. The maximum atomic E-state index is 8.76. The number of nitrogens with zero attached hydrogens (tertiary/aromatic N) is 4. The van der Waals surface area contributed by atoms with Gasteiger partial charge in [0.2, 0.25) is 0 Å². The van der Waals surface area contributed by atoms with Gasteiger partial charge in [0, 0.05) is 19.3 Å². The van der Waals surface area contributed by atoms with E-state index in [0.717, 1.165) is 31.7 Å². The summed E-state index contributed by atoms with van der Waals surface area (Å²) >= 11 is 0. The van der Waals surface area contributed by atoms with E-state index in [1.807, 2.05) is 0 Å². The highest BCUT2D eigenvalue weighted by Gasteiger charge is 2.17. The molecule has 0 amide bonds. The van der Waals surface area contributed by atoms with E-state index in [1.54, 1.807) is 6.20 Å². The fourth-order valence-electron chi connectivity index (χ4n) is 2.09. The Labute approximate surface area is 100 Å². The van der Waals surface area contributed by atoms with Gasteiger partial charge in [-0.15, -0.1) is 0 Å². The van der Waals surface area contributed by atoms with E-state index in [2.05, 4.69) is 20.0 Å². The van der Waals surface area contributed by atoms with Crippen LogP contribution < -0.4 is 10.6 Å². The second-order valence-corrected chi connectivity index (χ2v) is 4.15. The Morgan fingerprint density at radius 2 is 2.00 bits per heavy atom. The molecule has 0 aromatic carbocycles. The zero-order valence-corrected chi connectivity index (χ0v) is 9.71. The standard InChI is InChI=1S/C11H17N5O/c12-10(15-17)9-7-13-8-14-11(9)16-5-3-1-2-4-6-16/h7-8,17H,1-6H2,(H2,12,15). The molecule has 1 aromatic rings. The Morgan fingerprint density at radius 1 is 1.29 bits per heavy atom. The van der Waals surface area contributed by atoms with Crippen molar-refractivity contribution in [2.75, 3.05) is 18.0 Å². The molecule has 2 rings (SSSR count). The average molecular weight is 235 g/mol. The topological polar surface area (TPSA) is 87.6 Å². The van der Waals surface area contributed by atoms with Gasteiger partial charge in [-0.1, -0.05) is 18.0 Å². The summed E-state index contributed by atoms with van der Waals surface area (Å²) in [6.45, 7) is 1.92. The van der Waals surface area contributed by atoms with Gasteiger partial charge in [0.05, 0.1) is 5.56 Å². The van der Waals surface area contributed by atoms with Gasteiger partial charge in [-0.2, -0.15) is 0 Å². The van der Waals surface area contributed by atoms with Crippen LogP contribution in [0.1, 0.15) is 31.2 Å². The van der Waals surface area contributed by atoms with Crippen molar-refractivity contribution < 1.29 is 5.21 Å². The Kier molecular flexibility index (Phi) is 3.74. The SMILES string of the molecule is NC(=NO)c1cncnc1N1CCCCCC1. The van der Waals surface area contributed by atoms with Crippen molar-refractivity contribution in [1.82, 2.24) is 9.97 Å². The van der Waals surface area contributed by atoms with Crippen molar-refractivity contribution >= 4 is 11.7 Å². The van der Waals surface area contributed by atoms with Gasteiger partial charge in [-0.3, -0.25) is 0 Å². The second-order valence-electron chi connectivity index (χ2n) is 4.15. The summed E-state index contributed by atoms with van der Waals surface area (Å²) in [6, 6.07) is 0. The monoisotopic (exact) mass is 235 g/mol. The van der Waals surface area contributed by atoms with E-state index in [0.29, 0.717) is 5.56 Å². The first kappa shape index (κ1) is 11.6. The maximum Gasteiger partial charge on any atom is 0.175 e. The van der Waals surface area contributed by atoms with E-state index < -0.39 is 0 Å². The van der Waals surface area contributed by atoms with Crippen LogP contribution in [0.25, 0.3) is 0 Å². The third-order valence-corrected chi connectivity index (χ3v) is 2.98. The van der Waals surface area contributed by atoms with E-state index in [9.17, 15) is 0 Å². The van der Waals surface area contributed by atoms with Gasteiger partial charge in [0.1, 0.15) is 12.1 Å². The van der Waals surface area contributed by atoms with Gasteiger partial charge in [0.15, 0.2) is 5.84 Å². The normalized spacial score (nSPS) is 17.9. The van der Waals surface area contributed by atoms with Crippen LogP contribution in [0.3, 0.4) is 0 Å². The minimum atomic E-state index is 0.0600. The minimum Gasteiger partial charge on any atom is -0.409 e. The van der Waals surface area contributed by atoms with Crippen LogP contribution >= 0.6 is 0 Å². The molecule has 1 aliphatic rings. The third kappa shape index (κ3) is 2.64. The Morgan fingerprint density at radius 3 is 2.65 bits per heavy atom. The van der Waals surface area contributed by atoms with Crippen LogP contribution in [0.2, 0.25) is 0 Å². The molecule has 3 N–H and O–H groups in total. The van der Waals surface area contributed by atoms with Crippen LogP contribution in [0, 0.1) is 0 Å². The number of rotatable bonds is 2. The van der Waals surface area contributed by atoms with Gasteiger partial charge < -0.3 is 15.8 Å². The van der Waals surface area contributed by atoms with Crippen LogP contribution in [0.15, 0.2) is 17.7 Å². The maximum absolute atomic E-state index is 8.76. The fraction of sp³-hybridized carbons (Fsp3) is 0.545. The van der Waals surface area contributed by atoms with E-state index in [1.165, 1.54) is 19.2 Å². The molecule has 0 spiro atoms. The highest BCUT2D eigenvalue weighted by molar-refractivity contribution is 6.01. The lowest BCUT2D eigenvalue weighted by atomic mass is 10.2. The zero-order chi connectivity index (χ0) is 12.1. The first-order valence-corrected chi connectivity index (χ1v) is 5.86. The molecule has 1 aliphatic heterocycles. The summed E-state index contributed by atoms with van der Waals surface area (Å²) in [4.78, 5) is 10.4. The first-order valence-electron chi connectivity index (χ1n) is 5.86. The predicted molar refractivity (Wildman–Crippen MR) is 65.2 cm³/mol. The number of nitrogens with two attached hydrogens (primary N) is 1. The van der Waals surface area contributed by atoms with Gasteiger partial charge in [0.25, 0.3) is 0 Å². The molecule has 1 fully saturated rings. The third-order valence-electron chi connectivity index (χ3n) is 2.98. The number of anilines is 1. The largest absolute Gasteiger partial charge is 0.409 e. The summed E-state index contributed by atoms with van der Waals surface area (Å²) in [5.74, 6) is 0.821. The zero-order valence-electron chi connectivity index (χ0n) is 9.71. The molecule has 6 nitrogen and oxygen atoms in total. The first-order chi connectivity index (χ1) is 8.33. The highest BCUT2D eigenvalue weighted by atomic mass is 16.4. The quantitative estimate of drug-likeness (QED) is 0.345. The number of oxime groups is 1. The lowest BCUT2D eigenvalue weighted by molar-refractivity contribution is 0.318. The van der Waals surface area contributed by atoms with E-state index >= 15 is 0 Å². The summed E-state index contributed by atoms with van der Waals surface area (Å²) < 4.78 is 0. The Hall–Kier alpha value is -1.85. The number of aromatic nitrogens is 2. The summed E-state index contributed by atoms with van der Waals surface area (Å²) in [5, 5.41) is 11.8. The van der Waals surface area contributed by atoms with E-state index in [-0.39, 0.29) is 5.84 Å². The van der Waals surface area contributed by atoms with Crippen LogP contribution in [0.4, 0.5) is 5.82 Å². The molecule has 1 aromatic heterocycles. The van der Waals surface area contributed by atoms with Crippen molar-refractivity contribution in [3.63, 3.8) is 0 Å². The van der Waals surface area contributed by atoms with Crippen molar-refractivity contribution in [2.45, 2.75) is 25.7 Å². The molecule has 1 saturated heterocycles.